The van der Waals surface area contributed by atoms with Gasteiger partial charge in [-0.3, -0.25) is 4.79 Å². The van der Waals surface area contributed by atoms with Crippen molar-refractivity contribution in [3.05, 3.63) is 29.6 Å². The Hall–Kier alpha value is -2.18. The van der Waals surface area contributed by atoms with E-state index >= 15 is 0 Å². The molecule has 2 aromatic heterocycles. The maximum absolute atomic E-state index is 12.1. The maximum Gasteiger partial charge on any atom is 0.273 e. The molecule has 1 amide bonds. The summed E-state index contributed by atoms with van der Waals surface area (Å²) in [6, 6.07) is 0.169. The van der Waals surface area contributed by atoms with Crippen molar-refractivity contribution in [1.29, 1.82) is 0 Å². The highest BCUT2D eigenvalue weighted by Crippen LogP contribution is 2.28. The molecular formula is C14H18N4O3. The molecule has 2 heterocycles. The molecule has 0 radical (unpaired) electrons. The average Bonchev–Trinajstić information content (AvgIpc) is 3.13. The molecule has 0 unspecified atom stereocenters. The number of oxazole rings is 1. The van der Waals surface area contributed by atoms with Gasteiger partial charge in [0.2, 0.25) is 11.8 Å². The number of carbonyl (C=O) groups is 1. The highest BCUT2D eigenvalue weighted by atomic mass is 16.4. The van der Waals surface area contributed by atoms with Crippen molar-refractivity contribution in [3.63, 3.8) is 0 Å². The minimum Gasteiger partial charge on any atom is -0.448 e. The van der Waals surface area contributed by atoms with Gasteiger partial charge in [-0.15, -0.1) is 10.2 Å². The summed E-state index contributed by atoms with van der Waals surface area (Å²) >= 11 is 0. The lowest BCUT2D eigenvalue weighted by Gasteiger charge is -2.12. The fourth-order valence-corrected chi connectivity index (χ4v) is 2.84. The quantitative estimate of drug-likeness (QED) is 0.923. The van der Waals surface area contributed by atoms with E-state index in [0.717, 1.165) is 25.7 Å². The molecule has 0 bridgehead atoms. The molecule has 7 heteroatoms. The molecule has 2 aromatic rings. The summed E-state index contributed by atoms with van der Waals surface area (Å²) in [5.74, 6) is 2.11. The standard InChI is InChI=1S/C14H18N4O3/c1-8-13(15-7-20-8)14(19)16-11-4-3-10(5-11)6-12-18-17-9(2)21-12/h7,10-11H,3-6H2,1-2H3,(H,16,19)/t10-,11+/m1/s1. The number of hydrogen-bond donors (Lipinski definition) is 1. The lowest BCUT2D eigenvalue weighted by Crippen LogP contribution is -2.33. The molecule has 1 saturated carbocycles. The summed E-state index contributed by atoms with van der Waals surface area (Å²) in [5.41, 5.74) is 0.367. The van der Waals surface area contributed by atoms with Crippen LogP contribution in [0.1, 0.15) is 47.3 Å². The summed E-state index contributed by atoms with van der Waals surface area (Å²) in [6.07, 6.45) is 4.99. The van der Waals surface area contributed by atoms with Crippen LogP contribution >= 0.6 is 0 Å². The Kier molecular flexibility index (Phi) is 3.72. The van der Waals surface area contributed by atoms with Gasteiger partial charge >= 0.3 is 0 Å². The predicted octanol–water partition coefficient (Wildman–Crippen LogP) is 1.82. The lowest BCUT2D eigenvalue weighted by molar-refractivity contribution is 0.0931. The molecule has 0 spiro atoms. The van der Waals surface area contributed by atoms with Gasteiger partial charge in [0, 0.05) is 19.4 Å². The predicted molar refractivity (Wildman–Crippen MR) is 72.6 cm³/mol. The van der Waals surface area contributed by atoms with Crippen molar-refractivity contribution in [2.24, 2.45) is 5.92 Å². The Bertz CT molecular complexity index is 634. The highest BCUT2D eigenvalue weighted by Gasteiger charge is 2.28. The van der Waals surface area contributed by atoms with Gasteiger partial charge in [0.15, 0.2) is 12.1 Å². The summed E-state index contributed by atoms with van der Waals surface area (Å²) < 4.78 is 10.5. The van der Waals surface area contributed by atoms with Gasteiger partial charge in [-0.25, -0.2) is 4.98 Å². The van der Waals surface area contributed by atoms with Gasteiger partial charge < -0.3 is 14.2 Å². The number of aryl methyl sites for hydroxylation is 2. The maximum atomic E-state index is 12.1. The second-order valence-electron chi connectivity index (χ2n) is 5.53. The Morgan fingerprint density at radius 1 is 1.38 bits per heavy atom. The van der Waals surface area contributed by atoms with Gasteiger partial charge in [0.1, 0.15) is 5.76 Å². The van der Waals surface area contributed by atoms with E-state index in [-0.39, 0.29) is 11.9 Å². The fraction of sp³-hybridized carbons (Fsp3) is 0.571. The number of nitrogens with zero attached hydrogens (tertiary/aromatic N) is 3. The van der Waals surface area contributed by atoms with Crippen molar-refractivity contribution in [2.45, 2.75) is 45.6 Å². The summed E-state index contributed by atoms with van der Waals surface area (Å²) in [5, 5.41) is 10.9. The molecule has 112 valence electrons. The minimum atomic E-state index is -0.166. The number of hydrogen-bond acceptors (Lipinski definition) is 6. The van der Waals surface area contributed by atoms with Crippen LogP contribution in [0.15, 0.2) is 15.2 Å². The van der Waals surface area contributed by atoms with Crippen LogP contribution in [0.5, 0.6) is 0 Å². The van der Waals surface area contributed by atoms with Crippen LogP contribution in [0.4, 0.5) is 0 Å². The van der Waals surface area contributed by atoms with E-state index in [4.69, 9.17) is 8.83 Å². The Morgan fingerprint density at radius 2 is 2.24 bits per heavy atom. The minimum absolute atomic E-state index is 0.166. The van der Waals surface area contributed by atoms with Gasteiger partial charge in [0.25, 0.3) is 5.91 Å². The highest BCUT2D eigenvalue weighted by molar-refractivity contribution is 5.93. The summed E-state index contributed by atoms with van der Waals surface area (Å²) in [7, 11) is 0. The SMILES string of the molecule is Cc1nnc(C[C@@H]2CC[C@H](NC(=O)c3ncoc3C)C2)o1. The molecule has 0 aromatic carbocycles. The van der Waals surface area contributed by atoms with Gasteiger partial charge in [0.05, 0.1) is 0 Å². The first-order valence-corrected chi connectivity index (χ1v) is 7.11. The molecule has 1 aliphatic carbocycles. The fourth-order valence-electron chi connectivity index (χ4n) is 2.84. The zero-order chi connectivity index (χ0) is 14.8. The van der Waals surface area contributed by atoms with E-state index in [1.807, 2.05) is 0 Å². The molecule has 0 saturated heterocycles. The van der Waals surface area contributed by atoms with E-state index in [2.05, 4.69) is 20.5 Å². The first kappa shape index (κ1) is 13.8. The van der Waals surface area contributed by atoms with E-state index in [1.54, 1.807) is 13.8 Å². The van der Waals surface area contributed by atoms with E-state index < -0.39 is 0 Å². The van der Waals surface area contributed by atoms with E-state index in [1.165, 1.54) is 6.39 Å². The topological polar surface area (TPSA) is 94.1 Å². The largest absolute Gasteiger partial charge is 0.448 e. The zero-order valence-electron chi connectivity index (χ0n) is 12.1. The molecule has 7 nitrogen and oxygen atoms in total. The molecule has 0 aliphatic heterocycles. The Labute approximate surface area is 122 Å². The molecular weight excluding hydrogens is 272 g/mol. The first-order chi connectivity index (χ1) is 10.1. The second-order valence-corrected chi connectivity index (χ2v) is 5.53. The van der Waals surface area contributed by atoms with Gasteiger partial charge in [-0.2, -0.15) is 0 Å². The summed E-state index contributed by atoms with van der Waals surface area (Å²) in [6.45, 7) is 3.52. The van der Waals surface area contributed by atoms with Crippen molar-refractivity contribution < 1.29 is 13.6 Å². The van der Waals surface area contributed by atoms with Crippen LogP contribution in [0.2, 0.25) is 0 Å². The number of aromatic nitrogens is 3. The van der Waals surface area contributed by atoms with Crippen molar-refractivity contribution in [1.82, 2.24) is 20.5 Å². The third-order valence-corrected chi connectivity index (χ3v) is 3.87. The molecule has 1 fully saturated rings. The molecule has 1 aliphatic rings. The zero-order valence-corrected chi connectivity index (χ0v) is 12.1. The van der Waals surface area contributed by atoms with Crippen LogP contribution in [0, 0.1) is 19.8 Å². The van der Waals surface area contributed by atoms with Crippen LogP contribution in [-0.4, -0.2) is 27.1 Å². The third kappa shape index (κ3) is 3.12. The number of carbonyl (C=O) groups excluding carboxylic acids is 1. The second kappa shape index (κ2) is 5.67. The van der Waals surface area contributed by atoms with Crippen molar-refractivity contribution in [2.75, 3.05) is 0 Å². The number of amides is 1. The number of rotatable bonds is 4. The normalized spacial score (nSPS) is 21.6. The van der Waals surface area contributed by atoms with Crippen LogP contribution < -0.4 is 5.32 Å². The van der Waals surface area contributed by atoms with Gasteiger partial charge in [-0.05, 0) is 32.1 Å². The molecule has 1 N–H and O–H groups in total. The van der Waals surface area contributed by atoms with Crippen LogP contribution in [-0.2, 0) is 6.42 Å². The first-order valence-electron chi connectivity index (χ1n) is 7.11. The van der Waals surface area contributed by atoms with Gasteiger partial charge in [-0.1, -0.05) is 0 Å². The van der Waals surface area contributed by atoms with Crippen LogP contribution in [0.25, 0.3) is 0 Å². The molecule has 2 atom stereocenters. The third-order valence-electron chi connectivity index (χ3n) is 3.87. The molecule has 21 heavy (non-hydrogen) atoms. The van der Waals surface area contributed by atoms with Crippen molar-refractivity contribution >= 4 is 5.91 Å². The lowest BCUT2D eigenvalue weighted by atomic mass is 10.0. The molecule has 3 rings (SSSR count). The Balaban J connectivity index is 1.53. The smallest absolute Gasteiger partial charge is 0.273 e. The van der Waals surface area contributed by atoms with E-state index in [0.29, 0.717) is 29.2 Å². The van der Waals surface area contributed by atoms with Crippen molar-refractivity contribution in [3.8, 4) is 0 Å². The summed E-state index contributed by atoms with van der Waals surface area (Å²) in [4.78, 5) is 16.0. The van der Waals surface area contributed by atoms with E-state index in [9.17, 15) is 4.79 Å². The number of nitrogens with one attached hydrogen (secondary N) is 1. The average molecular weight is 290 g/mol. The Morgan fingerprint density at radius 3 is 2.90 bits per heavy atom. The monoisotopic (exact) mass is 290 g/mol. The van der Waals surface area contributed by atoms with Crippen LogP contribution in [0.3, 0.4) is 0 Å².